The number of pyridine rings is 2. The van der Waals surface area contributed by atoms with Gasteiger partial charge in [-0.15, -0.1) is 0 Å². The van der Waals surface area contributed by atoms with Crippen molar-refractivity contribution in [2.24, 2.45) is 0 Å². The first kappa shape index (κ1) is 26.7. The van der Waals surface area contributed by atoms with Gasteiger partial charge in [-0.25, -0.2) is 9.37 Å². The van der Waals surface area contributed by atoms with E-state index in [1.807, 2.05) is 19.9 Å². The molecule has 5 rings (SSSR count). The van der Waals surface area contributed by atoms with E-state index in [4.69, 9.17) is 0 Å². The number of rotatable bonds is 8. The summed E-state index contributed by atoms with van der Waals surface area (Å²) in [6, 6.07) is 12.3. The topological polar surface area (TPSA) is 84.3 Å². The second-order valence-corrected chi connectivity index (χ2v) is 10.4. The summed E-state index contributed by atoms with van der Waals surface area (Å²) in [7, 11) is 0. The Labute approximate surface area is 225 Å². The molecule has 2 aromatic heterocycles. The maximum absolute atomic E-state index is 14.8. The van der Waals surface area contributed by atoms with Crippen LogP contribution in [0.5, 0.6) is 0 Å². The number of nitrogens with zero attached hydrogens (tertiary/aromatic N) is 3. The Morgan fingerprint density at radius 1 is 1.15 bits per heavy atom. The molecule has 0 radical (unpaired) electrons. The number of carbonyl (C=O) groups is 2. The van der Waals surface area contributed by atoms with Gasteiger partial charge < -0.3 is 14.8 Å². The third kappa shape index (κ3) is 5.77. The molecule has 0 bridgehead atoms. The van der Waals surface area contributed by atoms with Gasteiger partial charge in [0.1, 0.15) is 12.2 Å². The minimum atomic E-state index is -1.38. The van der Waals surface area contributed by atoms with E-state index in [9.17, 15) is 23.2 Å². The molecule has 1 aliphatic heterocycles. The standard InChI is InChI=1S/C30H32F2N4O3/c1-3-35-16-18(2)13-21(30(35)39)14-26(37)36-17-22(31)15-25(36)29(38)34-27(20-7-5-4-6-8-20)24-12-11-23(19-9-10-19)28(32)33-24/h4-8,11-13,16,19,22,25,27H,3,9-10,14-15,17H2,1-2H3,(H,34,38)/t22-,25+,27+/m1/s1. The van der Waals surface area contributed by atoms with Crippen LogP contribution in [-0.2, 0) is 22.6 Å². The molecule has 0 spiro atoms. The van der Waals surface area contributed by atoms with Crippen LogP contribution in [0.2, 0.25) is 0 Å². The highest BCUT2D eigenvalue weighted by molar-refractivity contribution is 5.89. The number of aromatic nitrogens is 2. The largest absolute Gasteiger partial charge is 0.342 e. The third-order valence-corrected chi connectivity index (χ3v) is 7.48. The van der Waals surface area contributed by atoms with E-state index in [1.165, 1.54) is 9.47 Å². The summed E-state index contributed by atoms with van der Waals surface area (Å²) >= 11 is 0. The number of halogens is 2. The second-order valence-electron chi connectivity index (χ2n) is 10.4. The van der Waals surface area contributed by atoms with Gasteiger partial charge in [-0.1, -0.05) is 36.4 Å². The van der Waals surface area contributed by atoms with Crippen LogP contribution in [0.25, 0.3) is 0 Å². The van der Waals surface area contributed by atoms with E-state index in [0.717, 1.165) is 18.4 Å². The Balaban J connectivity index is 1.39. The van der Waals surface area contributed by atoms with Crippen LogP contribution >= 0.6 is 0 Å². The molecule has 3 atom stereocenters. The average Bonchev–Trinajstić information content (AvgIpc) is 3.69. The zero-order valence-corrected chi connectivity index (χ0v) is 22.1. The number of benzene rings is 1. The molecule has 1 saturated carbocycles. The smallest absolute Gasteiger partial charge is 0.254 e. The zero-order chi connectivity index (χ0) is 27.7. The van der Waals surface area contributed by atoms with Crippen LogP contribution in [0.15, 0.2) is 59.5 Å². The van der Waals surface area contributed by atoms with Crippen LogP contribution in [0.1, 0.15) is 66.1 Å². The van der Waals surface area contributed by atoms with Crippen molar-refractivity contribution in [1.29, 1.82) is 0 Å². The highest BCUT2D eigenvalue weighted by atomic mass is 19.1. The Kier molecular flexibility index (Phi) is 7.59. The fourth-order valence-corrected chi connectivity index (χ4v) is 5.33. The van der Waals surface area contributed by atoms with Gasteiger partial charge in [-0.2, -0.15) is 4.39 Å². The molecule has 3 aromatic rings. The normalized spacial score (nSPS) is 19.6. The van der Waals surface area contributed by atoms with Gasteiger partial charge in [0.15, 0.2) is 0 Å². The molecule has 1 aromatic carbocycles. The number of hydrogen-bond acceptors (Lipinski definition) is 4. The quantitative estimate of drug-likeness (QED) is 0.443. The predicted octanol–water partition coefficient (Wildman–Crippen LogP) is 3.98. The number of amides is 2. The predicted molar refractivity (Wildman–Crippen MR) is 142 cm³/mol. The fraction of sp³-hybridized carbons (Fsp3) is 0.400. The van der Waals surface area contributed by atoms with E-state index in [2.05, 4.69) is 10.3 Å². The molecule has 1 N–H and O–H groups in total. The van der Waals surface area contributed by atoms with E-state index in [1.54, 1.807) is 48.7 Å². The molecule has 39 heavy (non-hydrogen) atoms. The van der Waals surface area contributed by atoms with Crippen molar-refractivity contribution in [1.82, 2.24) is 19.8 Å². The number of nitrogens with one attached hydrogen (secondary N) is 1. The summed E-state index contributed by atoms with van der Waals surface area (Å²) in [6.45, 7) is 3.90. The third-order valence-electron chi connectivity index (χ3n) is 7.48. The van der Waals surface area contributed by atoms with E-state index < -0.39 is 36.0 Å². The van der Waals surface area contributed by atoms with Gasteiger partial charge in [0.2, 0.25) is 17.8 Å². The van der Waals surface area contributed by atoms with Crippen LogP contribution in [-0.4, -0.2) is 45.0 Å². The average molecular weight is 535 g/mol. The Hall–Kier alpha value is -3.88. The van der Waals surface area contributed by atoms with Crippen molar-refractivity contribution < 1.29 is 18.4 Å². The van der Waals surface area contributed by atoms with Gasteiger partial charge in [-0.3, -0.25) is 14.4 Å². The highest BCUT2D eigenvalue weighted by Crippen LogP contribution is 2.41. The molecule has 0 unspecified atom stereocenters. The van der Waals surface area contributed by atoms with Gasteiger partial charge in [-0.05, 0) is 55.9 Å². The molecule has 1 saturated heterocycles. The maximum Gasteiger partial charge on any atom is 0.254 e. The van der Waals surface area contributed by atoms with Crippen molar-refractivity contribution in [2.45, 2.75) is 70.2 Å². The van der Waals surface area contributed by atoms with Gasteiger partial charge in [0.25, 0.3) is 5.56 Å². The first-order valence-electron chi connectivity index (χ1n) is 13.4. The van der Waals surface area contributed by atoms with Crippen molar-refractivity contribution >= 4 is 11.8 Å². The first-order chi connectivity index (χ1) is 18.7. The van der Waals surface area contributed by atoms with Gasteiger partial charge >= 0.3 is 0 Å². The van der Waals surface area contributed by atoms with Crippen molar-refractivity contribution in [3.05, 3.63) is 99.0 Å². The summed E-state index contributed by atoms with van der Waals surface area (Å²) < 4.78 is 31.0. The van der Waals surface area contributed by atoms with Crippen molar-refractivity contribution in [3.63, 3.8) is 0 Å². The Morgan fingerprint density at radius 2 is 1.90 bits per heavy atom. The SMILES string of the molecule is CCn1cc(C)cc(CC(=O)N2C[C@H](F)C[C@H]2C(=O)N[C@@H](c2ccccc2)c2ccc(C3CC3)c(F)n2)c1=O. The van der Waals surface area contributed by atoms with E-state index in [0.29, 0.717) is 28.9 Å². The summed E-state index contributed by atoms with van der Waals surface area (Å²) in [5.74, 6) is -1.41. The molecule has 1 aliphatic carbocycles. The summed E-state index contributed by atoms with van der Waals surface area (Å²) in [4.78, 5) is 45.0. The van der Waals surface area contributed by atoms with Crippen LogP contribution in [0, 0.1) is 12.9 Å². The molecule has 2 aliphatic rings. The number of carbonyl (C=O) groups excluding carboxylic acids is 2. The van der Waals surface area contributed by atoms with E-state index in [-0.39, 0.29) is 30.9 Å². The fourth-order valence-electron chi connectivity index (χ4n) is 5.33. The lowest BCUT2D eigenvalue weighted by Crippen LogP contribution is -2.48. The monoisotopic (exact) mass is 534 g/mol. The lowest BCUT2D eigenvalue weighted by atomic mass is 10.0. The molecule has 2 fully saturated rings. The Morgan fingerprint density at radius 3 is 2.56 bits per heavy atom. The number of hydrogen-bond donors (Lipinski definition) is 1. The summed E-state index contributed by atoms with van der Waals surface area (Å²) in [6.07, 6.45) is 1.82. The molecule has 7 nitrogen and oxygen atoms in total. The minimum absolute atomic E-state index is 0.158. The number of alkyl halides is 1. The van der Waals surface area contributed by atoms with E-state index >= 15 is 0 Å². The van der Waals surface area contributed by atoms with Gasteiger partial charge in [0.05, 0.1) is 24.7 Å². The summed E-state index contributed by atoms with van der Waals surface area (Å²) in [5, 5.41) is 2.90. The van der Waals surface area contributed by atoms with Gasteiger partial charge in [0, 0.05) is 30.3 Å². The lowest BCUT2D eigenvalue weighted by molar-refractivity contribution is -0.138. The van der Waals surface area contributed by atoms with Crippen molar-refractivity contribution in [2.75, 3.05) is 6.54 Å². The summed E-state index contributed by atoms with van der Waals surface area (Å²) in [5.41, 5.74) is 2.44. The minimum Gasteiger partial charge on any atom is -0.342 e. The van der Waals surface area contributed by atoms with Crippen molar-refractivity contribution in [3.8, 4) is 0 Å². The Bertz CT molecular complexity index is 1440. The molecular weight excluding hydrogens is 502 g/mol. The molecular formula is C30H32F2N4O3. The maximum atomic E-state index is 14.8. The highest BCUT2D eigenvalue weighted by Gasteiger charge is 2.41. The molecule has 2 amide bonds. The second kappa shape index (κ2) is 11.1. The lowest BCUT2D eigenvalue weighted by Gasteiger charge is -2.27. The number of aryl methyl sites for hydroxylation is 2. The molecule has 204 valence electrons. The molecule has 3 heterocycles. The van der Waals surface area contributed by atoms with Crippen LogP contribution < -0.4 is 10.9 Å². The van der Waals surface area contributed by atoms with Crippen LogP contribution in [0.4, 0.5) is 8.78 Å². The first-order valence-corrected chi connectivity index (χ1v) is 13.4. The number of likely N-dealkylation sites (tertiary alicyclic amines) is 1. The zero-order valence-electron chi connectivity index (χ0n) is 22.1. The van der Waals surface area contributed by atoms with Crippen LogP contribution in [0.3, 0.4) is 0 Å². The molecule has 9 heteroatoms.